The molecule has 0 aliphatic carbocycles. The number of benzene rings is 2. The van der Waals surface area contributed by atoms with E-state index < -0.39 is 11.9 Å². The molecule has 0 heterocycles. The Morgan fingerprint density at radius 2 is 1.71 bits per heavy atom. The number of carboxylic acids is 1. The van der Waals surface area contributed by atoms with E-state index in [2.05, 4.69) is 4.74 Å². The Balaban J connectivity index is 2.47. The number of carboxylic acid groups (broad SMARTS) is 1. The Morgan fingerprint density at radius 1 is 1.00 bits per heavy atom. The Hall–Kier alpha value is -2.82. The van der Waals surface area contributed by atoms with Gasteiger partial charge in [-0.1, -0.05) is 18.2 Å². The third-order valence-corrected chi connectivity index (χ3v) is 3.05. The molecule has 108 valence electrons. The van der Waals surface area contributed by atoms with Gasteiger partial charge in [0.1, 0.15) is 11.3 Å². The SMILES string of the molecule is COC(=O)c1cccc(-c2ccc(C(=O)O)c(OC)c2)c1. The van der Waals surface area contributed by atoms with Crippen LogP contribution in [0.4, 0.5) is 0 Å². The van der Waals surface area contributed by atoms with E-state index in [0.29, 0.717) is 5.56 Å². The second kappa shape index (κ2) is 6.09. The van der Waals surface area contributed by atoms with Crippen molar-refractivity contribution >= 4 is 11.9 Å². The molecule has 2 aromatic rings. The van der Waals surface area contributed by atoms with Gasteiger partial charge in [-0.05, 0) is 35.4 Å². The molecule has 5 heteroatoms. The van der Waals surface area contributed by atoms with Crippen molar-refractivity contribution < 1.29 is 24.2 Å². The van der Waals surface area contributed by atoms with Crippen molar-refractivity contribution in [3.05, 3.63) is 53.6 Å². The van der Waals surface area contributed by atoms with Gasteiger partial charge >= 0.3 is 11.9 Å². The highest BCUT2D eigenvalue weighted by atomic mass is 16.5. The Kier molecular flexibility index (Phi) is 4.23. The van der Waals surface area contributed by atoms with Crippen LogP contribution in [0.2, 0.25) is 0 Å². The van der Waals surface area contributed by atoms with Crippen LogP contribution in [0.25, 0.3) is 11.1 Å². The van der Waals surface area contributed by atoms with Crippen molar-refractivity contribution in [2.45, 2.75) is 0 Å². The van der Waals surface area contributed by atoms with Crippen LogP contribution >= 0.6 is 0 Å². The van der Waals surface area contributed by atoms with Crippen LogP contribution < -0.4 is 4.74 Å². The van der Waals surface area contributed by atoms with E-state index in [9.17, 15) is 9.59 Å². The summed E-state index contributed by atoms with van der Waals surface area (Å²) >= 11 is 0. The average Bonchev–Trinajstić information content (AvgIpc) is 2.53. The van der Waals surface area contributed by atoms with Crippen LogP contribution in [0.5, 0.6) is 5.75 Å². The Bertz CT molecular complexity index is 691. The van der Waals surface area contributed by atoms with E-state index in [1.165, 1.54) is 20.3 Å². The van der Waals surface area contributed by atoms with Crippen LogP contribution in [-0.2, 0) is 4.74 Å². The molecule has 0 amide bonds. The molecule has 1 N–H and O–H groups in total. The molecule has 0 saturated heterocycles. The van der Waals surface area contributed by atoms with Crippen molar-refractivity contribution in [2.75, 3.05) is 14.2 Å². The van der Waals surface area contributed by atoms with E-state index in [4.69, 9.17) is 9.84 Å². The number of carbonyl (C=O) groups excluding carboxylic acids is 1. The highest BCUT2D eigenvalue weighted by Crippen LogP contribution is 2.28. The van der Waals surface area contributed by atoms with Gasteiger partial charge in [0.05, 0.1) is 19.8 Å². The van der Waals surface area contributed by atoms with Crippen LogP contribution in [0.1, 0.15) is 20.7 Å². The van der Waals surface area contributed by atoms with Crippen molar-refractivity contribution in [1.82, 2.24) is 0 Å². The number of hydrogen-bond donors (Lipinski definition) is 1. The third-order valence-electron chi connectivity index (χ3n) is 3.05. The second-order valence-electron chi connectivity index (χ2n) is 4.29. The highest BCUT2D eigenvalue weighted by molar-refractivity contribution is 5.93. The summed E-state index contributed by atoms with van der Waals surface area (Å²) < 4.78 is 9.78. The maximum atomic E-state index is 11.5. The zero-order chi connectivity index (χ0) is 15.4. The number of ether oxygens (including phenoxy) is 2. The van der Waals surface area contributed by atoms with Gasteiger partial charge in [-0.15, -0.1) is 0 Å². The zero-order valence-corrected chi connectivity index (χ0v) is 11.6. The monoisotopic (exact) mass is 286 g/mol. The standard InChI is InChI=1S/C16H14O5/c1-20-14-9-11(6-7-13(14)15(17)18)10-4-3-5-12(8-10)16(19)21-2/h3-9H,1-2H3,(H,17,18). The predicted octanol–water partition coefficient (Wildman–Crippen LogP) is 2.85. The first-order valence-electron chi connectivity index (χ1n) is 6.17. The van der Waals surface area contributed by atoms with Crippen molar-refractivity contribution in [3.8, 4) is 16.9 Å². The molecule has 0 radical (unpaired) electrons. The molecule has 0 saturated carbocycles. The molecule has 2 aromatic carbocycles. The predicted molar refractivity (Wildman–Crippen MR) is 76.7 cm³/mol. The lowest BCUT2D eigenvalue weighted by molar-refractivity contribution is 0.0600. The molecule has 2 rings (SSSR count). The van der Waals surface area contributed by atoms with E-state index in [0.717, 1.165) is 11.1 Å². The van der Waals surface area contributed by atoms with Gasteiger partial charge in [-0.3, -0.25) is 0 Å². The molecule has 0 spiro atoms. The van der Waals surface area contributed by atoms with Crippen molar-refractivity contribution in [1.29, 1.82) is 0 Å². The van der Waals surface area contributed by atoms with Crippen LogP contribution in [0, 0.1) is 0 Å². The summed E-state index contributed by atoms with van der Waals surface area (Å²) in [6, 6.07) is 11.7. The van der Waals surface area contributed by atoms with E-state index in [1.807, 2.05) is 6.07 Å². The molecular formula is C16H14O5. The van der Waals surface area contributed by atoms with Crippen molar-refractivity contribution in [2.24, 2.45) is 0 Å². The van der Waals surface area contributed by atoms with Crippen molar-refractivity contribution in [3.63, 3.8) is 0 Å². The number of esters is 1. The van der Waals surface area contributed by atoms with Gasteiger partial charge in [0.15, 0.2) is 0 Å². The van der Waals surface area contributed by atoms with Crippen LogP contribution in [0.15, 0.2) is 42.5 Å². The Morgan fingerprint density at radius 3 is 2.33 bits per heavy atom. The lowest BCUT2D eigenvalue weighted by Gasteiger charge is -2.09. The van der Waals surface area contributed by atoms with Crippen LogP contribution in [-0.4, -0.2) is 31.3 Å². The van der Waals surface area contributed by atoms with Gasteiger partial charge in [-0.25, -0.2) is 9.59 Å². The highest BCUT2D eigenvalue weighted by Gasteiger charge is 2.13. The summed E-state index contributed by atoms with van der Waals surface area (Å²) in [6.07, 6.45) is 0. The van der Waals surface area contributed by atoms with Crippen LogP contribution in [0.3, 0.4) is 0 Å². The normalized spacial score (nSPS) is 10.0. The fourth-order valence-corrected chi connectivity index (χ4v) is 1.99. The fourth-order valence-electron chi connectivity index (χ4n) is 1.99. The topological polar surface area (TPSA) is 72.8 Å². The molecule has 0 aliphatic rings. The molecule has 0 aliphatic heterocycles. The molecule has 5 nitrogen and oxygen atoms in total. The summed E-state index contributed by atoms with van der Waals surface area (Å²) in [5, 5.41) is 9.07. The lowest BCUT2D eigenvalue weighted by Crippen LogP contribution is -2.02. The van der Waals surface area contributed by atoms with E-state index in [1.54, 1.807) is 30.3 Å². The van der Waals surface area contributed by atoms with Gasteiger partial charge in [0.25, 0.3) is 0 Å². The summed E-state index contributed by atoms with van der Waals surface area (Å²) in [5.41, 5.74) is 2.04. The first-order chi connectivity index (χ1) is 10.1. The summed E-state index contributed by atoms with van der Waals surface area (Å²) in [4.78, 5) is 22.6. The number of methoxy groups -OCH3 is 2. The zero-order valence-electron chi connectivity index (χ0n) is 11.6. The van der Waals surface area contributed by atoms with Gasteiger partial charge in [0.2, 0.25) is 0 Å². The minimum absolute atomic E-state index is 0.0883. The molecule has 21 heavy (non-hydrogen) atoms. The maximum Gasteiger partial charge on any atom is 0.339 e. The van der Waals surface area contributed by atoms with E-state index in [-0.39, 0.29) is 11.3 Å². The number of carbonyl (C=O) groups is 2. The van der Waals surface area contributed by atoms with Gasteiger partial charge in [0, 0.05) is 0 Å². The fraction of sp³-hybridized carbons (Fsp3) is 0.125. The second-order valence-corrected chi connectivity index (χ2v) is 4.29. The third kappa shape index (κ3) is 3.02. The minimum Gasteiger partial charge on any atom is -0.496 e. The molecule has 0 unspecified atom stereocenters. The van der Waals surface area contributed by atoms with Gasteiger partial charge < -0.3 is 14.6 Å². The smallest absolute Gasteiger partial charge is 0.339 e. The average molecular weight is 286 g/mol. The molecule has 0 aromatic heterocycles. The lowest BCUT2D eigenvalue weighted by atomic mass is 10.0. The first kappa shape index (κ1) is 14.6. The summed E-state index contributed by atoms with van der Waals surface area (Å²) in [5.74, 6) is -1.21. The number of hydrogen-bond acceptors (Lipinski definition) is 4. The molecule has 0 bridgehead atoms. The molecule has 0 fully saturated rings. The summed E-state index contributed by atoms with van der Waals surface area (Å²) in [6.45, 7) is 0. The molecule has 0 atom stereocenters. The largest absolute Gasteiger partial charge is 0.496 e. The Labute approximate surface area is 121 Å². The number of rotatable bonds is 4. The molecular weight excluding hydrogens is 272 g/mol. The minimum atomic E-state index is -1.05. The number of aromatic carboxylic acids is 1. The quantitative estimate of drug-likeness (QED) is 0.875. The summed E-state index contributed by atoms with van der Waals surface area (Å²) in [7, 11) is 2.73. The first-order valence-corrected chi connectivity index (χ1v) is 6.17. The van der Waals surface area contributed by atoms with Gasteiger partial charge in [-0.2, -0.15) is 0 Å². The van der Waals surface area contributed by atoms with E-state index >= 15 is 0 Å². The maximum absolute atomic E-state index is 11.5.